The third kappa shape index (κ3) is 6.85. The number of hydrogen-bond donors (Lipinski definition) is 1. The molecule has 39 heavy (non-hydrogen) atoms. The van der Waals surface area contributed by atoms with Crippen LogP contribution in [0.1, 0.15) is 71.7 Å². The average Bonchev–Trinajstić information content (AvgIpc) is 3.09. The van der Waals surface area contributed by atoms with E-state index in [9.17, 15) is 24.3 Å². The van der Waals surface area contributed by atoms with E-state index in [0.717, 1.165) is 0 Å². The lowest BCUT2D eigenvalue weighted by molar-refractivity contribution is -0.173. The van der Waals surface area contributed by atoms with Gasteiger partial charge < -0.3 is 19.3 Å². The smallest absolute Gasteiger partial charge is 0.338 e. The molecule has 0 unspecified atom stereocenters. The summed E-state index contributed by atoms with van der Waals surface area (Å²) in [7, 11) is 0. The summed E-state index contributed by atoms with van der Waals surface area (Å²) in [6.45, 7) is 11.5. The second-order valence-corrected chi connectivity index (χ2v) is 11.5. The molecule has 1 saturated carbocycles. The molecule has 1 aromatic rings. The number of aliphatic hydroxyl groups is 1. The first-order valence-corrected chi connectivity index (χ1v) is 13.4. The molecule has 1 N–H and O–H groups in total. The maximum Gasteiger partial charge on any atom is 0.338 e. The summed E-state index contributed by atoms with van der Waals surface area (Å²) in [6.07, 6.45) is 2.70. The van der Waals surface area contributed by atoms with Crippen LogP contribution in [0, 0.1) is 23.2 Å². The highest BCUT2D eigenvalue weighted by molar-refractivity contribution is 5.89. The lowest BCUT2D eigenvalue weighted by atomic mass is 9.75. The Kier molecular flexibility index (Phi) is 9.21. The fraction of sp³-hybridized carbons (Fsp3) is 0.548. The normalized spacial score (nSPS) is 34.8. The van der Waals surface area contributed by atoms with Crippen LogP contribution in [0.15, 0.2) is 54.1 Å². The number of hydrogen-bond acceptors (Lipinski definition) is 8. The second kappa shape index (κ2) is 11.9. The summed E-state index contributed by atoms with van der Waals surface area (Å²) in [6, 6.07) is 8.56. The number of carbonyl (C=O) groups excluding carboxylic acids is 4. The van der Waals surface area contributed by atoms with Crippen LogP contribution < -0.4 is 0 Å². The lowest BCUT2D eigenvalue weighted by Crippen LogP contribution is -2.52. The van der Waals surface area contributed by atoms with Gasteiger partial charge in [0.1, 0.15) is 29.7 Å². The molecule has 2 aliphatic rings. The van der Waals surface area contributed by atoms with Crippen LogP contribution in [0.25, 0.3) is 0 Å². The molecule has 0 aromatic heterocycles. The van der Waals surface area contributed by atoms with Crippen molar-refractivity contribution in [2.45, 2.75) is 85.2 Å². The monoisotopic (exact) mass is 540 g/mol. The Morgan fingerprint density at radius 1 is 0.974 bits per heavy atom. The third-order valence-corrected chi connectivity index (χ3v) is 7.82. The van der Waals surface area contributed by atoms with Gasteiger partial charge in [0, 0.05) is 37.5 Å². The van der Waals surface area contributed by atoms with Gasteiger partial charge in [0.25, 0.3) is 0 Å². The Hall–Kier alpha value is -3.26. The highest BCUT2D eigenvalue weighted by atomic mass is 16.6. The van der Waals surface area contributed by atoms with Crippen LogP contribution in [-0.4, -0.2) is 52.7 Å². The zero-order valence-electron chi connectivity index (χ0n) is 23.8. The number of benzene rings is 1. The molecule has 0 heterocycles. The predicted octanol–water partition coefficient (Wildman–Crippen LogP) is 4.60. The average molecular weight is 541 g/mol. The molecule has 2 aliphatic carbocycles. The number of allylic oxidation sites excluding steroid dienone is 1. The fourth-order valence-corrected chi connectivity index (χ4v) is 5.65. The molecule has 0 saturated heterocycles. The van der Waals surface area contributed by atoms with E-state index in [4.69, 9.17) is 14.2 Å². The minimum absolute atomic E-state index is 0.0593. The van der Waals surface area contributed by atoms with E-state index in [2.05, 4.69) is 0 Å². The first-order valence-electron chi connectivity index (χ1n) is 13.4. The van der Waals surface area contributed by atoms with Crippen LogP contribution in [0.3, 0.4) is 0 Å². The van der Waals surface area contributed by atoms with Crippen molar-refractivity contribution >= 4 is 23.7 Å². The van der Waals surface area contributed by atoms with Crippen LogP contribution in [0.5, 0.6) is 0 Å². The minimum Gasteiger partial charge on any atom is -0.459 e. The van der Waals surface area contributed by atoms with Crippen LogP contribution in [0.4, 0.5) is 0 Å². The quantitative estimate of drug-likeness (QED) is 0.335. The van der Waals surface area contributed by atoms with E-state index in [1.807, 2.05) is 13.8 Å². The Labute approximate surface area is 230 Å². The van der Waals surface area contributed by atoms with Gasteiger partial charge in [-0.15, -0.1) is 0 Å². The van der Waals surface area contributed by atoms with Crippen molar-refractivity contribution in [3.8, 4) is 0 Å². The van der Waals surface area contributed by atoms with E-state index in [1.165, 1.54) is 13.8 Å². The molecule has 8 heteroatoms. The number of esters is 3. The molecule has 0 amide bonds. The van der Waals surface area contributed by atoms with Gasteiger partial charge >= 0.3 is 17.9 Å². The van der Waals surface area contributed by atoms with Gasteiger partial charge in [-0.2, -0.15) is 0 Å². The first kappa shape index (κ1) is 30.3. The molecular weight excluding hydrogens is 500 g/mol. The lowest BCUT2D eigenvalue weighted by Gasteiger charge is -2.40. The summed E-state index contributed by atoms with van der Waals surface area (Å²) in [5.74, 6) is -3.39. The SMILES string of the molecule is CC(=O)O[C@@H]1[C@@H](C)/C=C/C(C)(C)C(=O)C[C@@H](OC(C)=O)/C(C)=C/[C@H]2[C@@H](OC(=O)c3ccccc3)[C@H](C)C[C@]12O. The van der Waals surface area contributed by atoms with Crippen LogP contribution >= 0.6 is 0 Å². The molecule has 0 radical (unpaired) electrons. The number of fused-ring (bicyclic) bond motifs is 1. The van der Waals surface area contributed by atoms with E-state index in [0.29, 0.717) is 11.1 Å². The van der Waals surface area contributed by atoms with E-state index >= 15 is 0 Å². The van der Waals surface area contributed by atoms with Gasteiger partial charge in [0.05, 0.1) is 5.56 Å². The maximum absolute atomic E-state index is 13.3. The van der Waals surface area contributed by atoms with E-state index < -0.39 is 59.1 Å². The second-order valence-electron chi connectivity index (χ2n) is 11.5. The summed E-state index contributed by atoms with van der Waals surface area (Å²) >= 11 is 0. The Balaban J connectivity index is 2.17. The van der Waals surface area contributed by atoms with Gasteiger partial charge in [-0.25, -0.2) is 4.79 Å². The van der Waals surface area contributed by atoms with Crippen molar-refractivity contribution < 1.29 is 38.5 Å². The number of ketones is 1. The minimum atomic E-state index is -1.62. The Bertz CT molecular complexity index is 1150. The Morgan fingerprint density at radius 3 is 2.18 bits per heavy atom. The summed E-state index contributed by atoms with van der Waals surface area (Å²) in [4.78, 5) is 50.6. The zero-order chi connectivity index (χ0) is 29.1. The van der Waals surface area contributed by atoms with Gasteiger partial charge in [0.2, 0.25) is 0 Å². The number of ether oxygens (including phenoxy) is 3. The van der Waals surface area contributed by atoms with Gasteiger partial charge in [-0.3, -0.25) is 14.4 Å². The van der Waals surface area contributed by atoms with Crippen molar-refractivity contribution in [2.24, 2.45) is 23.2 Å². The molecule has 1 fully saturated rings. The van der Waals surface area contributed by atoms with Crippen LogP contribution in [-0.2, 0) is 28.6 Å². The van der Waals surface area contributed by atoms with E-state index in [-0.39, 0.29) is 24.5 Å². The summed E-state index contributed by atoms with van der Waals surface area (Å²) < 4.78 is 17.3. The van der Waals surface area contributed by atoms with Gasteiger partial charge in [-0.05, 0) is 50.8 Å². The zero-order valence-corrected chi connectivity index (χ0v) is 23.8. The summed E-state index contributed by atoms with van der Waals surface area (Å²) in [5.41, 5.74) is -1.61. The number of rotatable bonds is 4. The molecule has 0 aliphatic heterocycles. The van der Waals surface area contributed by atoms with Gasteiger partial charge in [-0.1, -0.05) is 50.3 Å². The van der Waals surface area contributed by atoms with Crippen LogP contribution in [0.2, 0.25) is 0 Å². The third-order valence-electron chi connectivity index (χ3n) is 7.82. The van der Waals surface area contributed by atoms with Crippen molar-refractivity contribution in [3.63, 3.8) is 0 Å². The predicted molar refractivity (Wildman–Crippen MR) is 144 cm³/mol. The highest BCUT2D eigenvalue weighted by Crippen LogP contribution is 2.48. The molecule has 1 aromatic carbocycles. The Morgan fingerprint density at radius 2 is 1.59 bits per heavy atom. The topological polar surface area (TPSA) is 116 Å². The maximum atomic E-state index is 13.3. The molecule has 0 spiro atoms. The van der Waals surface area contributed by atoms with Crippen molar-refractivity contribution in [1.82, 2.24) is 0 Å². The first-order chi connectivity index (χ1) is 18.2. The standard InChI is InChI=1S/C31H40O8/c1-18-13-14-30(6,7)26(34)16-25(37-21(4)32)19(2)15-24-27(39-29(35)23-11-9-8-10-12-23)20(3)17-31(24,36)28(18)38-22(5)33/h8-15,18,20,24-25,27-28,36H,16-17H2,1-7H3/b14-13+,19-15+/t18-,20+,24-,25+,27-,28+,31+/m0/s1. The molecule has 3 rings (SSSR count). The van der Waals surface area contributed by atoms with Crippen molar-refractivity contribution in [3.05, 3.63) is 59.7 Å². The largest absolute Gasteiger partial charge is 0.459 e. The number of carbonyl (C=O) groups is 4. The van der Waals surface area contributed by atoms with Gasteiger partial charge in [0.15, 0.2) is 0 Å². The summed E-state index contributed by atoms with van der Waals surface area (Å²) in [5, 5.41) is 12.3. The fourth-order valence-electron chi connectivity index (χ4n) is 5.65. The van der Waals surface area contributed by atoms with E-state index in [1.54, 1.807) is 69.3 Å². The molecular formula is C31H40O8. The molecule has 8 nitrogen and oxygen atoms in total. The molecule has 0 bridgehead atoms. The van der Waals surface area contributed by atoms with Crippen molar-refractivity contribution in [2.75, 3.05) is 0 Å². The van der Waals surface area contributed by atoms with Crippen molar-refractivity contribution in [1.29, 1.82) is 0 Å². The highest BCUT2D eigenvalue weighted by Gasteiger charge is 2.58. The number of Topliss-reactive ketones (excluding diaryl/α,β-unsaturated/α-hetero) is 1. The molecule has 7 atom stereocenters. The molecule has 212 valence electrons.